The summed E-state index contributed by atoms with van der Waals surface area (Å²) in [5.41, 5.74) is -0.608. The third-order valence-corrected chi connectivity index (χ3v) is 12.6. The molecule has 2 heterocycles. The molecule has 0 bridgehead atoms. The molecule has 64 heavy (non-hydrogen) atoms. The molecule has 17 heteroatoms. The van der Waals surface area contributed by atoms with Gasteiger partial charge in [0.1, 0.15) is 17.6 Å². The SMILES string of the molecule is CCC(C)C(C(CC(=O)N1CCCC1C(OC)C(C)C(=O)NC(Cc1ccccc1)C(=O)O)OC)N(C)C(=O)C(NC(=O)C(C)(C)NC(=O)CCCCCN1C(=O)C=CC1=O)C(C)C. The number of aliphatic carboxylic acids is 1. The number of carboxylic acids is 1. The molecule has 2 aliphatic rings. The minimum absolute atomic E-state index is 0.0850. The van der Waals surface area contributed by atoms with Crippen LogP contribution in [0.1, 0.15) is 105 Å². The van der Waals surface area contributed by atoms with E-state index < -0.39 is 65.6 Å². The average molecular weight is 897 g/mol. The predicted octanol–water partition coefficient (Wildman–Crippen LogP) is 3.24. The van der Waals surface area contributed by atoms with Crippen LogP contribution in [-0.2, 0) is 54.3 Å². The minimum Gasteiger partial charge on any atom is -0.480 e. The number of hydrogen-bond donors (Lipinski definition) is 4. The molecule has 0 saturated carbocycles. The molecule has 1 aromatic carbocycles. The third-order valence-electron chi connectivity index (χ3n) is 12.6. The summed E-state index contributed by atoms with van der Waals surface area (Å²) in [5.74, 6) is -5.19. The zero-order valence-electron chi connectivity index (χ0n) is 39.4. The number of nitrogens with zero attached hydrogens (tertiary/aromatic N) is 3. The van der Waals surface area contributed by atoms with Gasteiger partial charge in [-0.15, -0.1) is 0 Å². The number of rotatable bonds is 26. The predicted molar refractivity (Wildman–Crippen MR) is 239 cm³/mol. The molecule has 0 radical (unpaired) electrons. The molecule has 1 saturated heterocycles. The van der Waals surface area contributed by atoms with E-state index in [1.165, 1.54) is 26.4 Å². The van der Waals surface area contributed by atoms with E-state index in [4.69, 9.17) is 9.47 Å². The number of imide groups is 1. The van der Waals surface area contributed by atoms with Gasteiger partial charge in [0, 0.05) is 59.4 Å². The number of nitrogens with one attached hydrogen (secondary N) is 3. The van der Waals surface area contributed by atoms with Gasteiger partial charge in [0.15, 0.2) is 0 Å². The van der Waals surface area contributed by atoms with Gasteiger partial charge >= 0.3 is 5.97 Å². The lowest BCUT2D eigenvalue weighted by Gasteiger charge is -2.41. The molecule has 8 atom stereocenters. The van der Waals surface area contributed by atoms with E-state index in [2.05, 4.69) is 16.0 Å². The Labute approximate surface area is 378 Å². The lowest BCUT2D eigenvalue weighted by Crippen LogP contribution is -2.62. The Bertz CT molecular complexity index is 1800. The normalized spacial score (nSPS) is 18.5. The molecule has 356 valence electrons. The monoisotopic (exact) mass is 897 g/mol. The fourth-order valence-corrected chi connectivity index (χ4v) is 8.57. The Kier molecular flexibility index (Phi) is 20.6. The lowest BCUT2D eigenvalue weighted by molar-refractivity contribution is -0.148. The van der Waals surface area contributed by atoms with E-state index in [9.17, 15) is 43.5 Å². The second-order valence-electron chi connectivity index (χ2n) is 18.0. The number of unbranched alkanes of at least 4 members (excludes halogenated alkanes) is 2. The van der Waals surface area contributed by atoms with Crippen LogP contribution in [0, 0.1) is 17.8 Å². The molecule has 4 N–H and O–H groups in total. The first-order valence-corrected chi connectivity index (χ1v) is 22.5. The summed E-state index contributed by atoms with van der Waals surface area (Å²) in [6, 6.07) is 5.81. The molecule has 0 aromatic heterocycles. The van der Waals surface area contributed by atoms with Crippen molar-refractivity contribution in [1.82, 2.24) is 30.7 Å². The van der Waals surface area contributed by atoms with Gasteiger partial charge in [-0.3, -0.25) is 38.5 Å². The number of hydrogen-bond acceptors (Lipinski definition) is 10. The van der Waals surface area contributed by atoms with Gasteiger partial charge in [0.25, 0.3) is 11.8 Å². The molecule has 0 spiro atoms. The quantitative estimate of drug-likeness (QED) is 0.0781. The topological polar surface area (TPSA) is 221 Å². The van der Waals surface area contributed by atoms with Crippen LogP contribution in [0.2, 0.25) is 0 Å². The molecule has 1 aromatic rings. The van der Waals surface area contributed by atoms with Gasteiger partial charge in [-0.2, -0.15) is 0 Å². The molecule has 0 aliphatic carbocycles. The standard InChI is InChI=1S/C47H72N6O11/c1-11-30(4)41(51(8)44(59)40(29(2)3)49-46(62)47(6,7)50-36(54)22-16-13-17-25-53-37(55)23-24-38(53)56)35(63-9)28-39(57)52-26-18-21-34(52)42(64-10)31(5)43(58)48-33(45(60)61)27-32-19-14-12-15-20-32/h12,14-15,19-20,23-24,29-31,33-35,40-42H,11,13,16-18,21-22,25-28H2,1-10H3,(H,48,58)(H,49,62)(H,50,54)(H,60,61). The van der Waals surface area contributed by atoms with Gasteiger partial charge < -0.3 is 40.3 Å². The van der Waals surface area contributed by atoms with Crippen LogP contribution in [0.5, 0.6) is 0 Å². The van der Waals surface area contributed by atoms with Crippen LogP contribution >= 0.6 is 0 Å². The zero-order chi connectivity index (χ0) is 47.9. The van der Waals surface area contributed by atoms with Gasteiger partial charge in [0.05, 0.1) is 36.6 Å². The van der Waals surface area contributed by atoms with E-state index in [0.29, 0.717) is 45.1 Å². The number of likely N-dealkylation sites (tertiary alicyclic amines) is 1. The highest BCUT2D eigenvalue weighted by molar-refractivity contribution is 6.12. The van der Waals surface area contributed by atoms with Crippen LogP contribution in [0.4, 0.5) is 0 Å². The fraction of sp³-hybridized carbons (Fsp3) is 0.660. The highest BCUT2D eigenvalue weighted by Crippen LogP contribution is 2.30. The molecule has 8 unspecified atom stereocenters. The van der Waals surface area contributed by atoms with Crippen molar-refractivity contribution < 1.29 is 52.9 Å². The summed E-state index contributed by atoms with van der Waals surface area (Å²) in [7, 11) is 4.60. The van der Waals surface area contributed by atoms with Gasteiger partial charge in [-0.25, -0.2) is 4.79 Å². The molecular weight excluding hydrogens is 825 g/mol. The molecule has 3 rings (SSSR count). The maximum absolute atomic E-state index is 14.4. The van der Waals surface area contributed by atoms with Crippen molar-refractivity contribution in [2.45, 2.75) is 148 Å². The van der Waals surface area contributed by atoms with Crippen molar-refractivity contribution in [3.63, 3.8) is 0 Å². The third kappa shape index (κ3) is 14.4. The number of amides is 7. The average Bonchev–Trinajstić information content (AvgIpc) is 3.87. The summed E-state index contributed by atoms with van der Waals surface area (Å²) in [6.45, 7) is 13.0. The second kappa shape index (κ2) is 24.8. The van der Waals surface area contributed by atoms with Gasteiger partial charge in [-0.05, 0) is 56.9 Å². The first-order valence-electron chi connectivity index (χ1n) is 22.5. The Morgan fingerprint density at radius 1 is 0.922 bits per heavy atom. The zero-order valence-corrected chi connectivity index (χ0v) is 39.4. The Morgan fingerprint density at radius 2 is 1.56 bits per heavy atom. The fourth-order valence-electron chi connectivity index (χ4n) is 8.57. The molecule has 7 amide bonds. The minimum atomic E-state index is -1.37. The summed E-state index contributed by atoms with van der Waals surface area (Å²) in [6.07, 6.45) is 4.61. The number of likely N-dealkylation sites (N-methyl/N-ethyl adjacent to an activating group) is 1. The summed E-state index contributed by atoms with van der Waals surface area (Å²) >= 11 is 0. The Morgan fingerprint density at radius 3 is 2.12 bits per heavy atom. The van der Waals surface area contributed by atoms with Gasteiger partial charge in [0.2, 0.25) is 29.5 Å². The molecular formula is C47H72N6O11. The first-order chi connectivity index (χ1) is 30.2. The van der Waals surface area contributed by atoms with Gasteiger partial charge in [-0.1, -0.05) is 77.8 Å². The lowest BCUT2D eigenvalue weighted by atomic mass is 9.89. The van der Waals surface area contributed by atoms with E-state index in [1.54, 1.807) is 61.9 Å². The smallest absolute Gasteiger partial charge is 0.326 e. The van der Waals surface area contributed by atoms with E-state index in [0.717, 1.165) is 10.5 Å². The van der Waals surface area contributed by atoms with Crippen molar-refractivity contribution >= 4 is 47.3 Å². The molecule has 1 fully saturated rings. The molecule has 2 aliphatic heterocycles. The van der Waals surface area contributed by atoms with Crippen LogP contribution in [0.25, 0.3) is 0 Å². The maximum atomic E-state index is 14.4. The van der Waals surface area contributed by atoms with Crippen molar-refractivity contribution in [2.24, 2.45) is 17.8 Å². The number of ether oxygens (including phenoxy) is 2. The van der Waals surface area contributed by atoms with Crippen molar-refractivity contribution in [3.8, 4) is 0 Å². The van der Waals surface area contributed by atoms with Crippen LogP contribution in [0.3, 0.4) is 0 Å². The van der Waals surface area contributed by atoms with Crippen LogP contribution < -0.4 is 16.0 Å². The Hall–Kier alpha value is -5.16. The number of carboxylic acid groups (broad SMARTS) is 1. The van der Waals surface area contributed by atoms with Crippen LogP contribution in [-0.4, -0.2) is 143 Å². The number of carbonyl (C=O) groups is 8. The summed E-state index contributed by atoms with van der Waals surface area (Å²) in [5, 5.41) is 18.2. The van der Waals surface area contributed by atoms with Crippen molar-refractivity contribution in [3.05, 3.63) is 48.0 Å². The highest BCUT2D eigenvalue weighted by Gasteiger charge is 2.44. The largest absolute Gasteiger partial charge is 0.480 e. The number of benzene rings is 1. The highest BCUT2D eigenvalue weighted by atomic mass is 16.5. The first kappa shape index (κ1) is 53.2. The van der Waals surface area contributed by atoms with E-state index in [-0.39, 0.29) is 67.2 Å². The van der Waals surface area contributed by atoms with E-state index in [1.807, 2.05) is 33.8 Å². The maximum Gasteiger partial charge on any atom is 0.326 e. The summed E-state index contributed by atoms with van der Waals surface area (Å²) in [4.78, 5) is 109. The summed E-state index contributed by atoms with van der Waals surface area (Å²) < 4.78 is 11.9. The van der Waals surface area contributed by atoms with Crippen LogP contribution in [0.15, 0.2) is 42.5 Å². The van der Waals surface area contributed by atoms with E-state index >= 15 is 0 Å². The second-order valence-corrected chi connectivity index (χ2v) is 18.0. The van der Waals surface area contributed by atoms with Crippen molar-refractivity contribution in [2.75, 3.05) is 34.4 Å². The number of carbonyl (C=O) groups excluding carboxylic acids is 7. The number of methoxy groups -OCH3 is 2. The molecule has 17 nitrogen and oxygen atoms in total. The van der Waals surface area contributed by atoms with Crippen molar-refractivity contribution in [1.29, 1.82) is 0 Å². The Balaban J connectivity index is 1.67.